The van der Waals surface area contributed by atoms with E-state index in [2.05, 4.69) is 9.82 Å². The molecule has 0 radical (unpaired) electrons. The minimum atomic E-state index is -3.84. The van der Waals surface area contributed by atoms with Crippen LogP contribution in [-0.4, -0.2) is 48.2 Å². The average Bonchev–Trinajstić information content (AvgIpc) is 2.93. The molecule has 2 aliphatic rings. The summed E-state index contributed by atoms with van der Waals surface area (Å²) in [6.45, 7) is 4.65. The number of carbonyl (C=O) groups is 1. The Labute approximate surface area is 170 Å². The molecule has 0 spiro atoms. The Morgan fingerprint density at radius 2 is 2.00 bits per heavy atom. The molecule has 29 heavy (non-hydrogen) atoms. The molecule has 1 aromatic carbocycles. The molecule has 0 unspecified atom stereocenters. The van der Waals surface area contributed by atoms with Gasteiger partial charge in [-0.2, -0.15) is 5.10 Å². The van der Waals surface area contributed by atoms with E-state index in [9.17, 15) is 13.2 Å². The first-order valence-electron chi connectivity index (χ1n) is 9.89. The highest BCUT2D eigenvalue weighted by atomic mass is 32.2. The number of aryl methyl sites for hydroxylation is 2. The predicted octanol–water partition coefficient (Wildman–Crippen LogP) is 2.61. The normalized spacial score (nSPS) is 19.6. The molecule has 8 nitrogen and oxygen atoms in total. The predicted molar refractivity (Wildman–Crippen MR) is 109 cm³/mol. The number of fused-ring (bicyclic) bond motifs is 2. The Balaban J connectivity index is 1.68. The molecule has 1 fully saturated rings. The molecule has 0 bridgehead atoms. The molecule has 1 saturated heterocycles. The molecule has 3 heterocycles. The molecule has 0 saturated carbocycles. The van der Waals surface area contributed by atoms with Gasteiger partial charge in [0.25, 0.3) is 15.9 Å². The van der Waals surface area contributed by atoms with Crippen molar-refractivity contribution >= 4 is 21.6 Å². The first-order chi connectivity index (χ1) is 13.8. The molecule has 9 heteroatoms. The van der Waals surface area contributed by atoms with Crippen molar-refractivity contribution in [1.82, 2.24) is 14.7 Å². The van der Waals surface area contributed by atoms with Gasteiger partial charge in [0.05, 0.1) is 23.6 Å². The van der Waals surface area contributed by atoms with Crippen molar-refractivity contribution in [2.24, 2.45) is 7.05 Å². The molecule has 156 valence electrons. The standard InChI is InChI=1S/C20H26N4O4S/c1-13-19(14(2)23(3)21-13)29(26,27)22-15-7-8-18-17(12-15)20(25)24-10-5-4-6-16(24)9-11-28-18/h7-8,12,16,22H,4-6,9-11H2,1-3H3/t16-/m1/s1. The average molecular weight is 419 g/mol. The molecule has 0 aliphatic carbocycles. The van der Waals surface area contributed by atoms with Crippen molar-refractivity contribution in [3.8, 4) is 5.75 Å². The van der Waals surface area contributed by atoms with Crippen LogP contribution in [0.25, 0.3) is 0 Å². The molecular formula is C20H26N4O4S. The lowest BCUT2D eigenvalue weighted by Gasteiger charge is -2.37. The van der Waals surface area contributed by atoms with Gasteiger partial charge in [-0.3, -0.25) is 14.2 Å². The molecule has 1 amide bonds. The van der Waals surface area contributed by atoms with Crippen LogP contribution in [-0.2, 0) is 17.1 Å². The fourth-order valence-electron chi connectivity index (χ4n) is 4.26. The monoisotopic (exact) mass is 418 g/mol. The van der Waals surface area contributed by atoms with Gasteiger partial charge >= 0.3 is 0 Å². The van der Waals surface area contributed by atoms with E-state index >= 15 is 0 Å². The van der Waals surface area contributed by atoms with E-state index in [-0.39, 0.29) is 16.8 Å². The first-order valence-corrected chi connectivity index (χ1v) is 11.4. The summed E-state index contributed by atoms with van der Waals surface area (Å²) < 4.78 is 35.9. The van der Waals surface area contributed by atoms with Crippen LogP contribution in [0.1, 0.15) is 47.4 Å². The maximum absolute atomic E-state index is 13.2. The number of amides is 1. The van der Waals surface area contributed by atoms with Gasteiger partial charge in [-0.1, -0.05) is 0 Å². The quantitative estimate of drug-likeness (QED) is 0.827. The summed E-state index contributed by atoms with van der Waals surface area (Å²) in [7, 11) is -2.13. The van der Waals surface area contributed by atoms with E-state index in [1.54, 1.807) is 39.1 Å². The van der Waals surface area contributed by atoms with Crippen molar-refractivity contribution in [2.75, 3.05) is 17.9 Å². The van der Waals surface area contributed by atoms with Gasteiger partial charge in [-0.05, 0) is 51.3 Å². The summed E-state index contributed by atoms with van der Waals surface area (Å²) in [5, 5.41) is 4.19. The summed E-state index contributed by atoms with van der Waals surface area (Å²) in [5.74, 6) is 0.398. The molecule has 2 aliphatic heterocycles. The second-order valence-electron chi connectivity index (χ2n) is 7.73. The topological polar surface area (TPSA) is 93.5 Å². The number of hydrogen-bond donors (Lipinski definition) is 1. The number of hydrogen-bond acceptors (Lipinski definition) is 5. The van der Waals surface area contributed by atoms with Gasteiger partial charge in [0.1, 0.15) is 10.6 Å². The fraction of sp³-hybridized carbons (Fsp3) is 0.500. The zero-order chi connectivity index (χ0) is 20.8. The minimum Gasteiger partial charge on any atom is -0.493 e. The summed E-state index contributed by atoms with van der Waals surface area (Å²) in [4.78, 5) is 15.3. The van der Waals surface area contributed by atoms with E-state index in [0.717, 1.165) is 32.2 Å². The molecule has 1 aromatic heterocycles. The van der Waals surface area contributed by atoms with E-state index in [0.29, 0.717) is 35.0 Å². The van der Waals surface area contributed by atoms with Crippen molar-refractivity contribution in [2.45, 2.75) is 50.5 Å². The maximum Gasteiger partial charge on any atom is 0.265 e. The van der Waals surface area contributed by atoms with E-state index in [4.69, 9.17) is 4.74 Å². The van der Waals surface area contributed by atoms with Crippen LogP contribution in [0.4, 0.5) is 5.69 Å². The van der Waals surface area contributed by atoms with Gasteiger partial charge < -0.3 is 9.64 Å². The van der Waals surface area contributed by atoms with Gasteiger partial charge in [0.15, 0.2) is 0 Å². The highest BCUT2D eigenvalue weighted by Crippen LogP contribution is 2.32. The highest BCUT2D eigenvalue weighted by molar-refractivity contribution is 7.92. The first kappa shape index (κ1) is 19.8. The summed E-state index contributed by atoms with van der Waals surface area (Å²) in [6.07, 6.45) is 3.91. The van der Waals surface area contributed by atoms with E-state index < -0.39 is 10.0 Å². The molecular weight excluding hydrogens is 392 g/mol. The van der Waals surface area contributed by atoms with Crippen LogP contribution in [0.5, 0.6) is 5.75 Å². The number of rotatable bonds is 3. The smallest absolute Gasteiger partial charge is 0.265 e. The van der Waals surface area contributed by atoms with Crippen LogP contribution in [0.3, 0.4) is 0 Å². The third-order valence-electron chi connectivity index (χ3n) is 5.77. The SMILES string of the molecule is Cc1nn(C)c(C)c1S(=O)(=O)Nc1ccc2c(c1)C(=O)N1CCCC[C@@H]1CCO2. The number of piperidine rings is 1. The number of nitrogens with one attached hydrogen (secondary N) is 1. The number of sulfonamides is 1. The zero-order valence-electron chi connectivity index (χ0n) is 16.9. The zero-order valence-corrected chi connectivity index (χ0v) is 17.8. The van der Waals surface area contributed by atoms with Crippen LogP contribution >= 0.6 is 0 Å². The van der Waals surface area contributed by atoms with Gasteiger partial charge in [-0.25, -0.2) is 8.42 Å². The summed E-state index contributed by atoms with van der Waals surface area (Å²) in [5.41, 5.74) is 1.71. The number of anilines is 1. The Bertz CT molecular complexity index is 1060. The Morgan fingerprint density at radius 3 is 2.72 bits per heavy atom. The fourth-order valence-corrected chi connectivity index (χ4v) is 5.75. The third-order valence-corrected chi connectivity index (χ3v) is 7.40. The Hall–Kier alpha value is -2.55. The molecule has 1 atom stereocenters. The van der Waals surface area contributed by atoms with E-state index in [1.165, 1.54) is 4.68 Å². The molecule has 2 aromatic rings. The van der Waals surface area contributed by atoms with Gasteiger partial charge in [-0.15, -0.1) is 0 Å². The number of carbonyl (C=O) groups excluding carboxylic acids is 1. The van der Waals surface area contributed by atoms with Crippen molar-refractivity contribution in [1.29, 1.82) is 0 Å². The van der Waals surface area contributed by atoms with Crippen LogP contribution in [0.2, 0.25) is 0 Å². The lowest BCUT2D eigenvalue weighted by atomic mass is 9.97. The van der Waals surface area contributed by atoms with E-state index in [1.807, 2.05) is 4.90 Å². The largest absolute Gasteiger partial charge is 0.493 e. The lowest BCUT2D eigenvalue weighted by Crippen LogP contribution is -2.45. The Kier molecular flexibility index (Phi) is 5.02. The third kappa shape index (κ3) is 3.59. The second kappa shape index (κ2) is 7.37. The number of aromatic nitrogens is 2. The maximum atomic E-state index is 13.2. The number of ether oxygens (including phenoxy) is 1. The lowest BCUT2D eigenvalue weighted by molar-refractivity contribution is 0.0548. The summed E-state index contributed by atoms with van der Waals surface area (Å²) >= 11 is 0. The van der Waals surface area contributed by atoms with Gasteiger partial charge in [0.2, 0.25) is 0 Å². The highest BCUT2D eigenvalue weighted by Gasteiger charge is 2.31. The Morgan fingerprint density at radius 1 is 1.21 bits per heavy atom. The van der Waals surface area contributed by atoms with Crippen LogP contribution in [0.15, 0.2) is 23.1 Å². The van der Waals surface area contributed by atoms with Crippen LogP contribution < -0.4 is 9.46 Å². The number of nitrogens with zero attached hydrogens (tertiary/aromatic N) is 3. The minimum absolute atomic E-state index is 0.0980. The van der Waals surface area contributed by atoms with Crippen molar-refractivity contribution in [3.63, 3.8) is 0 Å². The number of benzene rings is 1. The van der Waals surface area contributed by atoms with Crippen molar-refractivity contribution < 1.29 is 17.9 Å². The molecule has 4 rings (SSSR count). The second-order valence-corrected chi connectivity index (χ2v) is 9.34. The van der Waals surface area contributed by atoms with Gasteiger partial charge in [0, 0.05) is 31.7 Å². The van der Waals surface area contributed by atoms with Crippen molar-refractivity contribution in [3.05, 3.63) is 35.2 Å². The summed E-state index contributed by atoms with van der Waals surface area (Å²) in [6, 6.07) is 5.05. The molecule has 1 N–H and O–H groups in total. The van der Waals surface area contributed by atoms with Crippen LogP contribution in [0, 0.1) is 13.8 Å².